The SMILES string of the molecule is O=C(N/N=C\c1cc(Br)cc(Cl)c1O)c1ccc(-c2csc(Nc3ccc(Cl)cc3)n2)cc1. The van der Waals surface area contributed by atoms with Crippen molar-refractivity contribution >= 4 is 73.4 Å². The number of hydrogen-bond acceptors (Lipinski definition) is 6. The van der Waals surface area contributed by atoms with E-state index in [1.807, 2.05) is 41.8 Å². The first-order chi connectivity index (χ1) is 15.9. The van der Waals surface area contributed by atoms with Crippen LogP contribution in [0.25, 0.3) is 11.3 Å². The number of rotatable bonds is 6. The highest BCUT2D eigenvalue weighted by Crippen LogP contribution is 2.30. The lowest BCUT2D eigenvalue weighted by molar-refractivity contribution is 0.0955. The number of hydrogen-bond donors (Lipinski definition) is 3. The molecule has 3 aromatic carbocycles. The maximum Gasteiger partial charge on any atom is 0.271 e. The second-order valence-corrected chi connectivity index (χ2v) is 9.39. The molecule has 1 heterocycles. The molecular formula is C23H15BrCl2N4O2S. The van der Waals surface area contributed by atoms with E-state index < -0.39 is 0 Å². The van der Waals surface area contributed by atoms with Crippen LogP contribution in [0.15, 0.2) is 75.6 Å². The van der Waals surface area contributed by atoms with Gasteiger partial charge in [-0.25, -0.2) is 10.4 Å². The van der Waals surface area contributed by atoms with E-state index in [4.69, 9.17) is 23.2 Å². The molecule has 0 radical (unpaired) electrons. The zero-order valence-corrected chi connectivity index (χ0v) is 20.6. The van der Waals surface area contributed by atoms with Crippen LogP contribution in [0.5, 0.6) is 5.75 Å². The van der Waals surface area contributed by atoms with E-state index in [1.165, 1.54) is 17.6 Å². The van der Waals surface area contributed by atoms with Crippen molar-refractivity contribution in [3.05, 3.63) is 91.7 Å². The molecule has 6 nitrogen and oxygen atoms in total. The highest BCUT2D eigenvalue weighted by molar-refractivity contribution is 9.10. The lowest BCUT2D eigenvalue weighted by Gasteiger charge is -2.04. The minimum atomic E-state index is -0.387. The Morgan fingerprint density at radius 2 is 1.82 bits per heavy atom. The number of thiazole rings is 1. The van der Waals surface area contributed by atoms with Gasteiger partial charge in [0, 0.05) is 37.3 Å². The predicted octanol–water partition coefficient (Wildman–Crippen LogP) is 7.09. The number of amides is 1. The molecule has 0 spiro atoms. The number of nitrogens with zero attached hydrogens (tertiary/aromatic N) is 2. The summed E-state index contributed by atoms with van der Waals surface area (Å²) >= 11 is 16.6. The summed E-state index contributed by atoms with van der Waals surface area (Å²) in [5.74, 6) is -0.503. The first kappa shape index (κ1) is 23.3. The highest BCUT2D eigenvalue weighted by atomic mass is 79.9. The van der Waals surface area contributed by atoms with Gasteiger partial charge in [0.25, 0.3) is 5.91 Å². The van der Waals surface area contributed by atoms with Gasteiger partial charge in [-0.3, -0.25) is 4.79 Å². The van der Waals surface area contributed by atoms with Gasteiger partial charge in [-0.15, -0.1) is 11.3 Å². The van der Waals surface area contributed by atoms with Gasteiger partial charge in [-0.2, -0.15) is 5.10 Å². The standard InChI is InChI=1S/C23H15BrCl2N4O2S/c24-16-9-15(21(31)19(26)10-16)11-27-30-22(32)14-3-1-13(2-4-14)20-12-33-23(29-20)28-18-7-5-17(25)6-8-18/h1-12,31H,(H,28,29)(H,30,32)/b27-11-. The second kappa shape index (κ2) is 10.4. The molecule has 0 fully saturated rings. The summed E-state index contributed by atoms with van der Waals surface area (Å²) in [5, 5.41) is 20.6. The van der Waals surface area contributed by atoms with Crippen molar-refractivity contribution in [2.75, 3.05) is 5.32 Å². The first-order valence-electron chi connectivity index (χ1n) is 9.49. The normalized spacial score (nSPS) is 11.0. The summed E-state index contributed by atoms with van der Waals surface area (Å²) in [6, 6.07) is 17.6. The highest BCUT2D eigenvalue weighted by Gasteiger charge is 2.09. The van der Waals surface area contributed by atoms with Crippen LogP contribution >= 0.6 is 50.5 Å². The predicted molar refractivity (Wildman–Crippen MR) is 138 cm³/mol. The van der Waals surface area contributed by atoms with E-state index in [1.54, 1.807) is 24.3 Å². The molecular weight excluding hydrogens is 547 g/mol. The summed E-state index contributed by atoms with van der Waals surface area (Å²) in [6.45, 7) is 0. The number of benzene rings is 3. The van der Waals surface area contributed by atoms with Crippen molar-refractivity contribution in [3.63, 3.8) is 0 Å². The minimum Gasteiger partial charge on any atom is -0.506 e. The number of anilines is 2. The Bertz CT molecular complexity index is 1330. The third kappa shape index (κ3) is 5.91. The lowest BCUT2D eigenvalue weighted by Crippen LogP contribution is -2.17. The van der Waals surface area contributed by atoms with Crippen LogP contribution in [0.3, 0.4) is 0 Å². The molecule has 0 saturated heterocycles. The Kier molecular flexibility index (Phi) is 7.29. The molecule has 0 saturated carbocycles. The molecule has 33 heavy (non-hydrogen) atoms. The monoisotopic (exact) mass is 560 g/mol. The van der Waals surface area contributed by atoms with E-state index in [9.17, 15) is 9.90 Å². The fourth-order valence-corrected chi connectivity index (χ4v) is 4.52. The number of phenols is 1. The van der Waals surface area contributed by atoms with Crippen LogP contribution in [-0.4, -0.2) is 22.2 Å². The van der Waals surface area contributed by atoms with Crippen LogP contribution in [0, 0.1) is 0 Å². The van der Waals surface area contributed by atoms with Crippen molar-refractivity contribution in [1.29, 1.82) is 0 Å². The maximum absolute atomic E-state index is 12.4. The molecule has 0 aliphatic carbocycles. The zero-order valence-electron chi connectivity index (χ0n) is 16.7. The van der Waals surface area contributed by atoms with Crippen molar-refractivity contribution in [1.82, 2.24) is 10.4 Å². The Morgan fingerprint density at radius 3 is 2.55 bits per heavy atom. The van der Waals surface area contributed by atoms with Crippen molar-refractivity contribution in [2.45, 2.75) is 0 Å². The van der Waals surface area contributed by atoms with Crippen LogP contribution in [0.1, 0.15) is 15.9 Å². The van der Waals surface area contributed by atoms with Gasteiger partial charge >= 0.3 is 0 Å². The number of aromatic hydroxyl groups is 1. The molecule has 0 aliphatic heterocycles. The third-order valence-electron chi connectivity index (χ3n) is 4.47. The van der Waals surface area contributed by atoms with Gasteiger partial charge in [0.15, 0.2) is 5.13 Å². The summed E-state index contributed by atoms with van der Waals surface area (Å²) in [4.78, 5) is 17.0. The summed E-state index contributed by atoms with van der Waals surface area (Å²) in [5.41, 5.74) is 5.81. The second-order valence-electron chi connectivity index (χ2n) is 6.77. The fraction of sp³-hybridized carbons (Fsp3) is 0. The number of halogens is 3. The first-order valence-corrected chi connectivity index (χ1v) is 11.9. The number of phenolic OH excluding ortho intramolecular Hbond substituents is 1. The van der Waals surface area contributed by atoms with Crippen molar-refractivity contribution in [3.8, 4) is 17.0 Å². The van der Waals surface area contributed by atoms with Crippen LogP contribution in [0.4, 0.5) is 10.8 Å². The summed E-state index contributed by atoms with van der Waals surface area (Å²) < 4.78 is 0.683. The molecule has 1 amide bonds. The Hall–Kier alpha value is -2.91. The van der Waals surface area contributed by atoms with E-state index >= 15 is 0 Å². The molecule has 4 rings (SSSR count). The fourth-order valence-electron chi connectivity index (χ4n) is 2.82. The topological polar surface area (TPSA) is 86.6 Å². The molecule has 4 aromatic rings. The molecule has 166 valence electrons. The van der Waals surface area contributed by atoms with Gasteiger partial charge in [-0.05, 0) is 48.5 Å². The number of nitrogens with one attached hydrogen (secondary N) is 2. The Balaban J connectivity index is 1.39. The number of carbonyl (C=O) groups is 1. The number of carbonyl (C=O) groups excluding carboxylic acids is 1. The molecule has 3 N–H and O–H groups in total. The van der Waals surface area contributed by atoms with Gasteiger partial charge in [0.05, 0.1) is 16.9 Å². The van der Waals surface area contributed by atoms with Crippen LogP contribution < -0.4 is 10.7 Å². The number of aromatic nitrogens is 1. The minimum absolute atomic E-state index is 0.115. The summed E-state index contributed by atoms with van der Waals surface area (Å²) in [7, 11) is 0. The van der Waals surface area contributed by atoms with Crippen LogP contribution in [-0.2, 0) is 0 Å². The van der Waals surface area contributed by atoms with Gasteiger partial charge in [0.2, 0.25) is 0 Å². The van der Waals surface area contributed by atoms with E-state index in [2.05, 4.69) is 36.8 Å². The largest absolute Gasteiger partial charge is 0.506 e. The molecule has 1 aromatic heterocycles. The average molecular weight is 562 g/mol. The van der Waals surface area contributed by atoms with E-state index in [-0.39, 0.29) is 16.7 Å². The Morgan fingerprint density at radius 1 is 1.09 bits per heavy atom. The van der Waals surface area contributed by atoms with E-state index in [0.717, 1.165) is 22.1 Å². The molecule has 0 aliphatic rings. The molecule has 0 unspecified atom stereocenters. The maximum atomic E-state index is 12.4. The molecule has 0 bridgehead atoms. The molecule has 0 atom stereocenters. The third-order valence-corrected chi connectivity index (χ3v) is 6.23. The summed E-state index contributed by atoms with van der Waals surface area (Å²) in [6.07, 6.45) is 1.32. The molecule has 10 heteroatoms. The van der Waals surface area contributed by atoms with Crippen LogP contribution in [0.2, 0.25) is 10.0 Å². The van der Waals surface area contributed by atoms with Crippen molar-refractivity contribution in [2.24, 2.45) is 5.10 Å². The number of hydrazone groups is 1. The van der Waals surface area contributed by atoms with Gasteiger partial charge < -0.3 is 10.4 Å². The zero-order chi connectivity index (χ0) is 23.4. The smallest absolute Gasteiger partial charge is 0.271 e. The Labute approximate surface area is 212 Å². The average Bonchev–Trinajstić information content (AvgIpc) is 3.27. The van der Waals surface area contributed by atoms with Gasteiger partial charge in [-0.1, -0.05) is 51.3 Å². The van der Waals surface area contributed by atoms with Crippen molar-refractivity contribution < 1.29 is 9.90 Å². The lowest BCUT2D eigenvalue weighted by atomic mass is 10.1. The van der Waals surface area contributed by atoms with E-state index in [0.29, 0.717) is 20.6 Å². The van der Waals surface area contributed by atoms with Gasteiger partial charge in [0.1, 0.15) is 5.75 Å². The quantitative estimate of drug-likeness (QED) is 0.173.